The normalized spacial score (nSPS) is 19.4. The molecule has 1 N–H and O–H groups in total. The van der Waals surface area contributed by atoms with Crippen LogP contribution < -0.4 is 10.1 Å². The lowest BCUT2D eigenvalue weighted by Crippen LogP contribution is -2.23. The highest BCUT2D eigenvalue weighted by atomic mass is 16.5. The van der Waals surface area contributed by atoms with E-state index in [0.29, 0.717) is 43.7 Å². The predicted octanol–water partition coefficient (Wildman–Crippen LogP) is 5.07. The first-order chi connectivity index (χ1) is 16.0. The van der Waals surface area contributed by atoms with Crippen LogP contribution in [0, 0.1) is 24.2 Å². The quantitative estimate of drug-likeness (QED) is 0.598. The maximum Gasteiger partial charge on any atom is 0.305 e. The Morgan fingerprint density at radius 3 is 2.76 bits per heavy atom. The molecule has 1 spiro atoms. The maximum atomic E-state index is 13.1. The number of fused-ring (bicyclic) bond motifs is 2. The SMILES string of the molecule is CC.CCOC(=O)CCCc1ccc(C#N)cc1NC(=O)C1C[C@]12COc1ccc(C)cc12. The van der Waals surface area contributed by atoms with Crippen LogP contribution in [0.25, 0.3) is 0 Å². The molecule has 2 aliphatic rings. The average Bonchev–Trinajstić information content (AvgIpc) is 3.46. The number of anilines is 1. The summed E-state index contributed by atoms with van der Waals surface area (Å²) in [5.41, 5.74) is 4.06. The molecule has 4 rings (SSSR count). The van der Waals surface area contributed by atoms with Gasteiger partial charge in [-0.2, -0.15) is 5.26 Å². The van der Waals surface area contributed by atoms with Gasteiger partial charge in [-0.15, -0.1) is 0 Å². The minimum absolute atomic E-state index is 0.0558. The second kappa shape index (κ2) is 10.5. The Kier molecular flexibility index (Phi) is 7.75. The molecule has 1 aliphatic heterocycles. The molecule has 1 unspecified atom stereocenters. The lowest BCUT2D eigenvalue weighted by atomic mass is 9.94. The Bertz CT molecular complexity index is 1070. The molecular weight excluding hydrogens is 416 g/mol. The minimum atomic E-state index is -0.248. The van der Waals surface area contributed by atoms with E-state index >= 15 is 0 Å². The fourth-order valence-electron chi connectivity index (χ4n) is 4.41. The second-order valence-electron chi connectivity index (χ2n) is 8.33. The van der Waals surface area contributed by atoms with Gasteiger partial charge in [-0.05, 0) is 56.9 Å². The van der Waals surface area contributed by atoms with Gasteiger partial charge in [0.05, 0.1) is 30.8 Å². The van der Waals surface area contributed by atoms with Crippen molar-refractivity contribution in [1.29, 1.82) is 5.26 Å². The highest BCUT2D eigenvalue weighted by Crippen LogP contribution is 2.60. The Morgan fingerprint density at radius 1 is 1.24 bits per heavy atom. The third-order valence-electron chi connectivity index (χ3n) is 6.18. The van der Waals surface area contributed by atoms with E-state index in [1.807, 2.05) is 39.0 Å². The van der Waals surface area contributed by atoms with Crippen LogP contribution in [0.15, 0.2) is 36.4 Å². The predicted molar refractivity (Wildman–Crippen MR) is 127 cm³/mol. The molecule has 0 bridgehead atoms. The van der Waals surface area contributed by atoms with E-state index in [2.05, 4.69) is 17.5 Å². The van der Waals surface area contributed by atoms with Crippen molar-refractivity contribution in [1.82, 2.24) is 0 Å². The summed E-state index contributed by atoms with van der Waals surface area (Å²) in [5, 5.41) is 12.3. The molecule has 33 heavy (non-hydrogen) atoms. The van der Waals surface area contributed by atoms with Crippen molar-refractivity contribution in [2.45, 2.75) is 58.8 Å². The first kappa shape index (κ1) is 24.3. The first-order valence-electron chi connectivity index (χ1n) is 11.7. The van der Waals surface area contributed by atoms with E-state index in [1.165, 1.54) is 0 Å². The van der Waals surface area contributed by atoms with Gasteiger partial charge in [-0.1, -0.05) is 37.6 Å². The first-order valence-corrected chi connectivity index (χ1v) is 11.7. The van der Waals surface area contributed by atoms with Crippen molar-refractivity contribution in [3.05, 3.63) is 58.7 Å². The van der Waals surface area contributed by atoms with E-state index in [-0.39, 0.29) is 23.2 Å². The average molecular weight is 449 g/mol. The highest BCUT2D eigenvalue weighted by molar-refractivity contribution is 5.97. The molecule has 1 heterocycles. The van der Waals surface area contributed by atoms with Gasteiger partial charge in [0.1, 0.15) is 5.75 Å². The van der Waals surface area contributed by atoms with Crippen LogP contribution in [0.3, 0.4) is 0 Å². The van der Waals surface area contributed by atoms with Crippen molar-refractivity contribution in [3.63, 3.8) is 0 Å². The molecule has 1 saturated carbocycles. The zero-order valence-electron chi connectivity index (χ0n) is 19.9. The lowest BCUT2D eigenvalue weighted by Gasteiger charge is -2.13. The van der Waals surface area contributed by atoms with Crippen LogP contribution in [0.4, 0.5) is 5.69 Å². The summed E-state index contributed by atoms with van der Waals surface area (Å²) in [6.07, 6.45) is 2.30. The largest absolute Gasteiger partial charge is 0.492 e. The standard InChI is InChI=1S/C25H26N2O4.C2H6/c1-3-30-23(28)6-4-5-18-9-8-17(14-26)12-21(18)27-24(29)20-13-25(20)15-31-22-10-7-16(2)11-19(22)25;1-2/h7-12,20H,3-6,13,15H2,1-2H3,(H,27,29);1-2H3/t20?,25-;/m1./s1. The van der Waals surface area contributed by atoms with Gasteiger partial charge < -0.3 is 14.8 Å². The zero-order chi connectivity index (χ0) is 24.0. The number of hydrogen-bond acceptors (Lipinski definition) is 5. The van der Waals surface area contributed by atoms with E-state index < -0.39 is 0 Å². The Balaban J connectivity index is 0.00000149. The molecule has 0 radical (unpaired) electrons. The number of nitriles is 1. The van der Waals surface area contributed by atoms with Crippen molar-refractivity contribution in [2.24, 2.45) is 5.92 Å². The van der Waals surface area contributed by atoms with Gasteiger partial charge in [0.2, 0.25) is 5.91 Å². The van der Waals surface area contributed by atoms with Gasteiger partial charge in [0, 0.05) is 23.1 Å². The fraction of sp³-hybridized carbons (Fsp3) is 0.444. The number of carbonyl (C=O) groups is 2. The number of amides is 1. The number of nitrogens with one attached hydrogen (secondary N) is 1. The molecule has 1 aliphatic carbocycles. The maximum absolute atomic E-state index is 13.1. The van der Waals surface area contributed by atoms with Gasteiger partial charge >= 0.3 is 5.97 Å². The summed E-state index contributed by atoms with van der Waals surface area (Å²) in [6, 6.07) is 13.5. The molecule has 2 aromatic rings. The summed E-state index contributed by atoms with van der Waals surface area (Å²) in [5.74, 6) is 0.428. The highest BCUT2D eigenvalue weighted by Gasteiger charge is 2.63. The number of rotatable bonds is 7. The molecule has 6 nitrogen and oxygen atoms in total. The van der Waals surface area contributed by atoms with Gasteiger partial charge in [-0.3, -0.25) is 9.59 Å². The van der Waals surface area contributed by atoms with E-state index in [4.69, 9.17) is 9.47 Å². The van der Waals surface area contributed by atoms with Crippen molar-refractivity contribution >= 4 is 17.6 Å². The van der Waals surface area contributed by atoms with Crippen LogP contribution in [-0.4, -0.2) is 25.1 Å². The van der Waals surface area contributed by atoms with Crippen molar-refractivity contribution < 1.29 is 19.1 Å². The number of benzene rings is 2. The lowest BCUT2D eigenvalue weighted by molar-refractivity contribution is -0.143. The summed E-state index contributed by atoms with van der Waals surface area (Å²) in [7, 11) is 0. The molecular formula is C27H32N2O4. The summed E-state index contributed by atoms with van der Waals surface area (Å²) in [6.45, 7) is 8.71. The van der Waals surface area contributed by atoms with Crippen LogP contribution in [0.5, 0.6) is 5.75 Å². The molecule has 6 heteroatoms. The Morgan fingerprint density at radius 2 is 2.03 bits per heavy atom. The number of ether oxygens (including phenoxy) is 2. The molecule has 1 amide bonds. The number of nitrogens with zero attached hydrogens (tertiary/aromatic N) is 1. The number of aryl methyl sites for hydroxylation is 2. The van der Waals surface area contributed by atoms with E-state index in [9.17, 15) is 14.9 Å². The number of carbonyl (C=O) groups excluding carboxylic acids is 2. The summed E-state index contributed by atoms with van der Waals surface area (Å²) >= 11 is 0. The summed E-state index contributed by atoms with van der Waals surface area (Å²) < 4.78 is 10.8. The zero-order valence-corrected chi connectivity index (χ0v) is 19.9. The van der Waals surface area contributed by atoms with Gasteiger partial charge in [0.15, 0.2) is 0 Å². The molecule has 1 fully saturated rings. The smallest absolute Gasteiger partial charge is 0.305 e. The van der Waals surface area contributed by atoms with E-state index in [0.717, 1.165) is 28.9 Å². The van der Waals surface area contributed by atoms with Crippen LogP contribution >= 0.6 is 0 Å². The third kappa shape index (κ3) is 5.19. The van der Waals surface area contributed by atoms with Crippen molar-refractivity contribution in [2.75, 3.05) is 18.5 Å². The molecule has 2 aromatic carbocycles. The molecule has 174 valence electrons. The molecule has 2 atom stereocenters. The minimum Gasteiger partial charge on any atom is -0.492 e. The second-order valence-corrected chi connectivity index (χ2v) is 8.33. The Hall–Kier alpha value is -3.33. The Labute approximate surface area is 195 Å². The molecule has 0 aromatic heterocycles. The summed E-state index contributed by atoms with van der Waals surface area (Å²) in [4.78, 5) is 24.7. The topological polar surface area (TPSA) is 88.4 Å². The fourth-order valence-corrected chi connectivity index (χ4v) is 4.41. The molecule has 0 saturated heterocycles. The number of esters is 1. The van der Waals surface area contributed by atoms with Gasteiger partial charge in [0.25, 0.3) is 0 Å². The third-order valence-corrected chi connectivity index (χ3v) is 6.18. The van der Waals surface area contributed by atoms with E-state index in [1.54, 1.807) is 19.1 Å². The van der Waals surface area contributed by atoms with Gasteiger partial charge in [-0.25, -0.2) is 0 Å². The van der Waals surface area contributed by atoms with Crippen LogP contribution in [0.2, 0.25) is 0 Å². The van der Waals surface area contributed by atoms with Crippen molar-refractivity contribution in [3.8, 4) is 11.8 Å². The monoisotopic (exact) mass is 448 g/mol. The van der Waals surface area contributed by atoms with Crippen LogP contribution in [-0.2, 0) is 26.2 Å². The number of hydrogen-bond donors (Lipinski definition) is 1. The van der Waals surface area contributed by atoms with Crippen LogP contribution in [0.1, 0.15) is 62.3 Å².